The van der Waals surface area contributed by atoms with Gasteiger partial charge >= 0.3 is 34.3 Å². The van der Waals surface area contributed by atoms with Gasteiger partial charge in [-0.2, -0.15) is 0 Å². The molecule has 0 nitrogen and oxygen atoms in total. The Morgan fingerprint density at radius 1 is 1.20 bits per heavy atom. The van der Waals surface area contributed by atoms with Crippen LogP contribution in [0.4, 0.5) is 13.2 Å². The SMILES string of the molecule is FC(F)(F)[SeH]. The predicted octanol–water partition coefficient (Wildman–Crippen LogP) is 0.407. The predicted molar refractivity (Wildman–Crippen MR) is 13.2 cm³/mol. The van der Waals surface area contributed by atoms with Crippen LogP contribution >= 0.6 is 0 Å². The van der Waals surface area contributed by atoms with Gasteiger partial charge in [0.15, 0.2) is 0 Å². The van der Waals surface area contributed by atoms with Crippen LogP contribution in [-0.2, 0) is 0 Å². The first-order valence-corrected chi connectivity index (χ1v) is 1.73. The molecular weight excluding hydrogens is 148 g/mol. The average molecular weight is 149 g/mol. The Hall–Kier alpha value is 0.309. The fourth-order valence-corrected chi connectivity index (χ4v) is 0. The topological polar surface area (TPSA) is 0 Å². The molecule has 32 valence electrons. The first-order chi connectivity index (χ1) is 2.00. The summed E-state index contributed by atoms with van der Waals surface area (Å²) in [5.41, 5.74) is 0. The Kier molecular flexibility index (Phi) is 1.26. The van der Waals surface area contributed by atoms with Crippen molar-refractivity contribution in [1.82, 2.24) is 0 Å². The molecule has 0 spiro atoms. The van der Waals surface area contributed by atoms with E-state index >= 15 is 0 Å². The van der Waals surface area contributed by atoms with Crippen LogP contribution in [0.1, 0.15) is 0 Å². The van der Waals surface area contributed by atoms with Gasteiger partial charge in [-0.3, -0.25) is 0 Å². The van der Waals surface area contributed by atoms with Gasteiger partial charge in [-0.25, -0.2) is 0 Å². The second kappa shape index (κ2) is 1.19. The van der Waals surface area contributed by atoms with E-state index in [9.17, 15) is 13.2 Å². The monoisotopic (exact) mass is 150 g/mol. The van der Waals surface area contributed by atoms with Crippen LogP contribution in [0.5, 0.6) is 0 Å². The van der Waals surface area contributed by atoms with Gasteiger partial charge in [-0.05, 0) is 0 Å². The summed E-state index contributed by atoms with van der Waals surface area (Å²) in [6.07, 6.45) is 0. The molecule has 0 rings (SSSR count). The van der Waals surface area contributed by atoms with E-state index in [1.807, 2.05) is 0 Å². The fraction of sp³-hybridized carbons (Fsp3) is 1.00. The van der Waals surface area contributed by atoms with Crippen LogP contribution in [0, 0.1) is 0 Å². The molecule has 5 heavy (non-hydrogen) atoms. The third kappa shape index (κ3) is 240. The first kappa shape index (κ1) is 5.31. The maximum atomic E-state index is 10.3. The Morgan fingerprint density at radius 3 is 1.20 bits per heavy atom. The molecule has 0 amide bonds. The van der Waals surface area contributed by atoms with Crippen molar-refractivity contribution >= 4 is 16.0 Å². The molecule has 0 saturated carbocycles. The molecule has 0 unspecified atom stereocenters. The van der Waals surface area contributed by atoms with Gasteiger partial charge in [0, 0.05) is 0 Å². The zero-order chi connectivity index (χ0) is 4.50. The number of halogens is 3. The van der Waals surface area contributed by atoms with Crippen molar-refractivity contribution in [3.8, 4) is 0 Å². The molecule has 0 fully saturated rings. The van der Waals surface area contributed by atoms with Crippen LogP contribution < -0.4 is 0 Å². The number of rotatable bonds is 0. The maximum absolute atomic E-state index is 10.3. The first-order valence-electron chi connectivity index (χ1n) is 0.791. The van der Waals surface area contributed by atoms with Crippen LogP contribution in [0.15, 0.2) is 0 Å². The number of alkyl halides is 3. The van der Waals surface area contributed by atoms with Crippen molar-refractivity contribution < 1.29 is 13.2 Å². The summed E-state index contributed by atoms with van der Waals surface area (Å²) < 4.78 is 31.0. The molecule has 0 atom stereocenters. The van der Waals surface area contributed by atoms with Gasteiger partial charge in [0.25, 0.3) is 0 Å². The molecule has 0 bridgehead atoms. The van der Waals surface area contributed by atoms with Crippen molar-refractivity contribution in [3.63, 3.8) is 0 Å². The molecular formula is CHF3Se. The van der Waals surface area contributed by atoms with Gasteiger partial charge in [0.05, 0.1) is 0 Å². The summed E-state index contributed by atoms with van der Waals surface area (Å²) in [7, 11) is 0. The van der Waals surface area contributed by atoms with Crippen molar-refractivity contribution in [2.75, 3.05) is 0 Å². The summed E-state index contributed by atoms with van der Waals surface area (Å²) in [6.45, 7) is 0. The molecule has 0 radical (unpaired) electrons. The van der Waals surface area contributed by atoms with Crippen LogP contribution in [-0.4, -0.2) is 21.1 Å². The van der Waals surface area contributed by atoms with E-state index in [4.69, 9.17) is 0 Å². The normalized spacial score (nSPS) is 12.0. The zero-order valence-corrected chi connectivity index (χ0v) is 3.96. The van der Waals surface area contributed by atoms with Gasteiger partial charge < -0.3 is 0 Å². The van der Waals surface area contributed by atoms with E-state index in [2.05, 4.69) is 0 Å². The van der Waals surface area contributed by atoms with Gasteiger partial charge in [0.1, 0.15) is 0 Å². The van der Waals surface area contributed by atoms with E-state index in [0.29, 0.717) is 16.0 Å². The van der Waals surface area contributed by atoms with Crippen LogP contribution in [0.2, 0.25) is 0 Å². The average Bonchev–Trinajstić information content (AvgIpc) is 0.722. The molecule has 4 heteroatoms. The minimum atomic E-state index is -4.06. The van der Waals surface area contributed by atoms with Gasteiger partial charge in [-0.15, -0.1) is 0 Å². The zero-order valence-electron chi connectivity index (χ0n) is 2.08. The summed E-state index contributed by atoms with van der Waals surface area (Å²) in [5.74, 6) is 0. The minimum absolute atomic E-state index is 0.583. The fourth-order valence-electron chi connectivity index (χ4n) is 0. The van der Waals surface area contributed by atoms with Gasteiger partial charge in [0.2, 0.25) is 0 Å². The quantitative estimate of drug-likeness (QED) is 0.437. The Labute approximate surface area is 35.2 Å². The Morgan fingerprint density at radius 2 is 1.20 bits per heavy atom. The summed E-state index contributed by atoms with van der Waals surface area (Å²) in [4.78, 5) is 0. The number of hydrogen-bond donors (Lipinski definition) is 0. The molecule has 0 aromatic heterocycles. The van der Waals surface area contributed by atoms with Crippen LogP contribution in [0.25, 0.3) is 0 Å². The van der Waals surface area contributed by atoms with E-state index < -0.39 is 5.07 Å². The van der Waals surface area contributed by atoms with E-state index in [1.165, 1.54) is 0 Å². The Bertz CT molecular complexity index is 22.4. The third-order valence-electron chi connectivity index (χ3n) is 0. The molecule has 0 aromatic rings. The van der Waals surface area contributed by atoms with Crippen LogP contribution in [0.3, 0.4) is 0 Å². The van der Waals surface area contributed by atoms with Crippen molar-refractivity contribution in [2.45, 2.75) is 5.07 Å². The second-order valence-electron chi connectivity index (χ2n) is 0.468. The molecule has 0 aromatic carbocycles. The Balaban J connectivity index is 3.02. The number of hydrogen-bond acceptors (Lipinski definition) is 0. The molecule has 0 N–H and O–H groups in total. The summed E-state index contributed by atoms with van der Waals surface area (Å²) in [6, 6.07) is 0. The molecule has 0 aliphatic carbocycles. The van der Waals surface area contributed by atoms with Gasteiger partial charge in [-0.1, -0.05) is 0 Å². The van der Waals surface area contributed by atoms with Crippen molar-refractivity contribution in [1.29, 1.82) is 0 Å². The van der Waals surface area contributed by atoms with Crippen molar-refractivity contribution in [2.24, 2.45) is 0 Å². The summed E-state index contributed by atoms with van der Waals surface area (Å²) in [5, 5.41) is -4.06. The molecule has 0 saturated heterocycles. The van der Waals surface area contributed by atoms with Crippen molar-refractivity contribution in [3.05, 3.63) is 0 Å². The van der Waals surface area contributed by atoms with E-state index in [0.717, 1.165) is 0 Å². The third-order valence-corrected chi connectivity index (χ3v) is 0. The van der Waals surface area contributed by atoms with E-state index in [1.54, 1.807) is 0 Å². The standard InChI is InChI=1S/CHF3Se/c2-1(3,4)5/h5H. The molecule has 0 aliphatic heterocycles. The molecule has 0 heterocycles. The summed E-state index contributed by atoms with van der Waals surface area (Å²) >= 11 is 0.583. The molecule has 0 aliphatic rings. The second-order valence-corrected chi connectivity index (χ2v) is 1.53. The van der Waals surface area contributed by atoms with E-state index in [-0.39, 0.29) is 0 Å².